The average molecular weight is 269 g/mol. The molecular formula is C15H11NO4. The van der Waals surface area contributed by atoms with Gasteiger partial charge in [-0.15, -0.1) is 0 Å². The third-order valence-corrected chi connectivity index (χ3v) is 2.95. The van der Waals surface area contributed by atoms with Crippen LogP contribution in [0, 0.1) is 10.1 Å². The number of hydrogen-bond acceptors (Lipinski definition) is 4. The zero-order valence-electron chi connectivity index (χ0n) is 10.5. The summed E-state index contributed by atoms with van der Waals surface area (Å²) in [6, 6.07) is 12.1. The molecule has 1 aliphatic rings. The second-order valence-electron chi connectivity index (χ2n) is 4.30. The normalized spacial score (nSPS) is 12.8. The van der Waals surface area contributed by atoms with Crippen molar-refractivity contribution in [3.8, 4) is 11.5 Å². The molecule has 0 atom stereocenters. The van der Waals surface area contributed by atoms with Crippen molar-refractivity contribution in [1.82, 2.24) is 0 Å². The zero-order chi connectivity index (χ0) is 13.9. The molecule has 3 rings (SSSR count). The van der Waals surface area contributed by atoms with Crippen LogP contribution in [-0.2, 0) is 0 Å². The van der Waals surface area contributed by atoms with Gasteiger partial charge in [0, 0.05) is 12.1 Å². The third kappa shape index (κ3) is 2.47. The molecular weight excluding hydrogens is 258 g/mol. The Morgan fingerprint density at radius 1 is 1.00 bits per heavy atom. The molecule has 0 bridgehead atoms. The molecule has 0 radical (unpaired) electrons. The van der Waals surface area contributed by atoms with E-state index in [4.69, 9.17) is 9.47 Å². The summed E-state index contributed by atoms with van der Waals surface area (Å²) in [5.74, 6) is 1.45. The third-order valence-electron chi connectivity index (χ3n) is 2.95. The van der Waals surface area contributed by atoms with Crippen molar-refractivity contribution in [1.29, 1.82) is 0 Å². The highest BCUT2D eigenvalue weighted by atomic mass is 16.7. The van der Waals surface area contributed by atoms with Gasteiger partial charge in [-0.25, -0.2) is 0 Å². The number of hydrogen-bond donors (Lipinski definition) is 0. The van der Waals surface area contributed by atoms with E-state index in [0.717, 1.165) is 16.9 Å². The van der Waals surface area contributed by atoms with Gasteiger partial charge in [0.1, 0.15) is 0 Å². The summed E-state index contributed by atoms with van der Waals surface area (Å²) in [5.41, 5.74) is 1.80. The van der Waals surface area contributed by atoms with Gasteiger partial charge >= 0.3 is 0 Å². The molecule has 1 aliphatic heterocycles. The van der Waals surface area contributed by atoms with Crippen LogP contribution in [0.25, 0.3) is 12.2 Å². The van der Waals surface area contributed by atoms with Crippen molar-refractivity contribution < 1.29 is 14.4 Å². The highest BCUT2D eigenvalue weighted by Crippen LogP contribution is 2.33. The zero-order valence-corrected chi connectivity index (χ0v) is 10.5. The lowest BCUT2D eigenvalue weighted by atomic mass is 10.1. The van der Waals surface area contributed by atoms with Crippen molar-refractivity contribution in [2.24, 2.45) is 0 Å². The lowest BCUT2D eigenvalue weighted by Crippen LogP contribution is -1.92. The molecule has 5 nitrogen and oxygen atoms in total. The van der Waals surface area contributed by atoms with E-state index in [9.17, 15) is 10.1 Å². The maximum Gasteiger partial charge on any atom is 0.270 e. The van der Waals surface area contributed by atoms with Crippen LogP contribution in [0.3, 0.4) is 0 Å². The van der Waals surface area contributed by atoms with E-state index in [1.165, 1.54) is 12.1 Å². The molecule has 2 aromatic carbocycles. The van der Waals surface area contributed by atoms with Crippen molar-refractivity contribution in [2.45, 2.75) is 0 Å². The first-order valence-corrected chi connectivity index (χ1v) is 6.04. The maximum absolute atomic E-state index is 10.7. The lowest BCUT2D eigenvalue weighted by Gasteiger charge is -1.98. The predicted octanol–water partition coefficient (Wildman–Crippen LogP) is 3.49. The van der Waals surface area contributed by atoms with Crippen LogP contribution in [-0.4, -0.2) is 11.7 Å². The smallest absolute Gasteiger partial charge is 0.270 e. The monoisotopic (exact) mass is 269 g/mol. The molecule has 0 spiro atoms. The van der Waals surface area contributed by atoms with Gasteiger partial charge in [-0.1, -0.05) is 30.4 Å². The minimum absolute atomic E-state index is 0.0813. The van der Waals surface area contributed by atoms with E-state index < -0.39 is 4.92 Å². The Bertz CT molecular complexity index is 694. The molecule has 0 aromatic heterocycles. The van der Waals surface area contributed by atoms with Gasteiger partial charge < -0.3 is 9.47 Å². The average Bonchev–Trinajstić information content (AvgIpc) is 2.93. The highest BCUT2D eigenvalue weighted by molar-refractivity contribution is 5.71. The van der Waals surface area contributed by atoms with Crippen molar-refractivity contribution in [3.63, 3.8) is 0 Å². The summed E-state index contributed by atoms with van der Waals surface area (Å²) in [7, 11) is 0. The summed E-state index contributed by atoms with van der Waals surface area (Å²) in [6.07, 6.45) is 3.70. The first-order valence-electron chi connectivity index (χ1n) is 6.04. The van der Waals surface area contributed by atoms with Gasteiger partial charge in [-0.2, -0.15) is 0 Å². The Balaban J connectivity index is 1.83. The molecule has 1 heterocycles. The number of nitrogens with zero attached hydrogens (tertiary/aromatic N) is 1. The van der Waals surface area contributed by atoms with Gasteiger partial charge in [0.15, 0.2) is 11.5 Å². The Kier molecular flexibility index (Phi) is 3.09. The number of nitro groups is 1. The Morgan fingerprint density at radius 3 is 2.55 bits per heavy atom. The van der Waals surface area contributed by atoms with Crippen LogP contribution in [0.5, 0.6) is 11.5 Å². The second-order valence-corrected chi connectivity index (χ2v) is 4.30. The van der Waals surface area contributed by atoms with Gasteiger partial charge in [-0.05, 0) is 23.3 Å². The molecule has 5 heteroatoms. The van der Waals surface area contributed by atoms with Gasteiger partial charge in [0.25, 0.3) is 5.69 Å². The molecule has 0 saturated carbocycles. The molecule has 2 aromatic rings. The molecule has 0 aliphatic carbocycles. The number of non-ortho nitro benzene ring substituents is 1. The van der Waals surface area contributed by atoms with Gasteiger partial charge in [-0.3, -0.25) is 10.1 Å². The fourth-order valence-corrected chi connectivity index (χ4v) is 1.95. The first-order chi connectivity index (χ1) is 9.72. The van der Waals surface area contributed by atoms with Crippen LogP contribution in [0.2, 0.25) is 0 Å². The van der Waals surface area contributed by atoms with E-state index in [2.05, 4.69) is 0 Å². The van der Waals surface area contributed by atoms with E-state index in [-0.39, 0.29) is 12.5 Å². The van der Waals surface area contributed by atoms with E-state index in [0.29, 0.717) is 5.75 Å². The molecule has 100 valence electrons. The summed E-state index contributed by atoms with van der Waals surface area (Å²) < 4.78 is 10.5. The largest absolute Gasteiger partial charge is 0.454 e. The van der Waals surface area contributed by atoms with Crippen LogP contribution in [0.15, 0.2) is 42.5 Å². The molecule has 0 N–H and O–H groups in total. The molecule has 0 unspecified atom stereocenters. The predicted molar refractivity (Wildman–Crippen MR) is 74.6 cm³/mol. The first kappa shape index (κ1) is 12.2. The number of ether oxygens (including phenoxy) is 2. The van der Waals surface area contributed by atoms with E-state index in [1.54, 1.807) is 6.07 Å². The minimum atomic E-state index is -0.405. The van der Waals surface area contributed by atoms with Crippen molar-refractivity contribution >= 4 is 17.8 Å². The van der Waals surface area contributed by atoms with Gasteiger partial charge in [0.05, 0.1) is 4.92 Å². The second kappa shape index (κ2) is 5.05. The fraction of sp³-hybridized carbons (Fsp3) is 0.0667. The Hall–Kier alpha value is -2.82. The van der Waals surface area contributed by atoms with Crippen molar-refractivity contribution in [2.75, 3.05) is 6.79 Å². The molecule has 0 saturated heterocycles. The molecule has 0 fully saturated rings. The van der Waals surface area contributed by atoms with Crippen LogP contribution < -0.4 is 9.47 Å². The summed E-state index contributed by atoms with van der Waals surface area (Å²) in [5, 5.41) is 10.7. The quantitative estimate of drug-likeness (QED) is 0.486. The van der Waals surface area contributed by atoms with Crippen LogP contribution >= 0.6 is 0 Å². The number of fused-ring (bicyclic) bond motifs is 1. The van der Waals surface area contributed by atoms with E-state index >= 15 is 0 Å². The Morgan fingerprint density at radius 2 is 1.75 bits per heavy atom. The fourth-order valence-electron chi connectivity index (χ4n) is 1.95. The number of nitro benzene ring substituents is 1. The topological polar surface area (TPSA) is 61.6 Å². The van der Waals surface area contributed by atoms with Crippen LogP contribution in [0.1, 0.15) is 11.1 Å². The molecule has 20 heavy (non-hydrogen) atoms. The standard InChI is InChI=1S/C15H11NO4/c17-16(18)13-3-1-2-11(8-13)4-5-12-6-7-14-15(9-12)20-10-19-14/h1-9H,10H2/b5-4+. The summed E-state index contributed by atoms with van der Waals surface area (Å²) in [4.78, 5) is 10.3. The number of rotatable bonds is 3. The number of benzene rings is 2. The van der Waals surface area contributed by atoms with E-state index in [1.807, 2.05) is 36.4 Å². The Labute approximate surface area is 115 Å². The summed E-state index contributed by atoms with van der Waals surface area (Å²) >= 11 is 0. The van der Waals surface area contributed by atoms with Crippen LogP contribution in [0.4, 0.5) is 5.69 Å². The summed E-state index contributed by atoms with van der Waals surface area (Å²) in [6.45, 7) is 0.243. The minimum Gasteiger partial charge on any atom is -0.454 e. The molecule has 0 amide bonds. The lowest BCUT2D eigenvalue weighted by molar-refractivity contribution is -0.384. The van der Waals surface area contributed by atoms with Crippen molar-refractivity contribution in [3.05, 3.63) is 63.7 Å². The SMILES string of the molecule is O=[N+]([O-])c1cccc(/C=C/c2ccc3c(c2)OCO3)c1. The van der Waals surface area contributed by atoms with Gasteiger partial charge in [0.2, 0.25) is 6.79 Å². The maximum atomic E-state index is 10.7. The highest BCUT2D eigenvalue weighted by Gasteiger charge is 2.12.